The van der Waals surface area contributed by atoms with E-state index in [1.807, 2.05) is 25.2 Å². The van der Waals surface area contributed by atoms with E-state index < -0.39 is 5.91 Å². The molecule has 2 aromatic carbocycles. The number of primary amides is 1. The van der Waals surface area contributed by atoms with E-state index in [2.05, 4.69) is 38.3 Å². The molecule has 0 saturated carbocycles. The van der Waals surface area contributed by atoms with Crippen molar-refractivity contribution in [1.29, 1.82) is 5.41 Å². The lowest BCUT2D eigenvalue weighted by atomic mass is 10.0. The van der Waals surface area contributed by atoms with Crippen molar-refractivity contribution in [2.75, 3.05) is 63.7 Å². The minimum absolute atomic E-state index is 0.397. The number of amides is 1. The van der Waals surface area contributed by atoms with Gasteiger partial charge in [0.1, 0.15) is 0 Å². The number of nitrogens with one attached hydrogen (secondary N) is 3. The fourth-order valence-corrected chi connectivity index (χ4v) is 4.90. The summed E-state index contributed by atoms with van der Waals surface area (Å²) in [6, 6.07) is 13.8. The van der Waals surface area contributed by atoms with Crippen LogP contribution in [-0.4, -0.2) is 80.5 Å². The molecule has 5 N–H and O–H groups in total. The van der Waals surface area contributed by atoms with Gasteiger partial charge in [-0.1, -0.05) is 6.07 Å². The number of carbonyl (C=O) groups is 1. The number of hydrogen-bond acceptors (Lipinski definition) is 7. The van der Waals surface area contributed by atoms with Gasteiger partial charge >= 0.3 is 0 Å². The fourth-order valence-electron chi connectivity index (χ4n) is 4.90. The number of piperazine rings is 1. The number of pyridine rings is 1. The zero-order valence-corrected chi connectivity index (χ0v) is 20.6. The molecule has 1 aliphatic heterocycles. The van der Waals surface area contributed by atoms with E-state index in [1.54, 1.807) is 13.2 Å². The van der Waals surface area contributed by atoms with Crippen LogP contribution in [-0.2, 0) is 4.74 Å². The molecular formula is C27H31N7O2. The molecule has 5 rings (SSSR count). The smallest absolute Gasteiger partial charge is 0.250 e. The summed E-state index contributed by atoms with van der Waals surface area (Å²) in [5.41, 5.74) is 12.6. The van der Waals surface area contributed by atoms with Gasteiger partial charge in [0, 0.05) is 81.0 Å². The lowest BCUT2D eigenvalue weighted by Gasteiger charge is -2.36. The Hall–Kier alpha value is -3.95. The quantitative estimate of drug-likeness (QED) is 0.284. The Morgan fingerprint density at radius 3 is 2.69 bits per heavy atom. The van der Waals surface area contributed by atoms with Crippen LogP contribution < -0.4 is 16.0 Å². The predicted molar refractivity (Wildman–Crippen MR) is 146 cm³/mol. The molecule has 9 heteroatoms. The van der Waals surface area contributed by atoms with E-state index in [0.29, 0.717) is 22.3 Å². The highest BCUT2D eigenvalue weighted by molar-refractivity contribution is 6.14. The second-order valence-corrected chi connectivity index (χ2v) is 9.02. The number of rotatable bonds is 8. The van der Waals surface area contributed by atoms with Gasteiger partial charge in [0.25, 0.3) is 5.91 Å². The number of ether oxygens (including phenoxy) is 1. The molecule has 3 heterocycles. The van der Waals surface area contributed by atoms with Crippen molar-refractivity contribution < 1.29 is 9.53 Å². The number of hydrogen-bond donors (Lipinski definition) is 4. The highest BCUT2D eigenvalue weighted by Crippen LogP contribution is 2.33. The molecular weight excluding hydrogens is 454 g/mol. The largest absolute Gasteiger partial charge is 0.388 e. The minimum atomic E-state index is -0.512. The molecule has 1 fully saturated rings. The second-order valence-electron chi connectivity index (χ2n) is 9.02. The van der Waals surface area contributed by atoms with E-state index in [9.17, 15) is 4.79 Å². The maximum atomic E-state index is 12.4. The number of nitrogens with zero attached hydrogens (tertiary/aromatic N) is 3. The van der Waals surface area contributed by atoms with Gasteiger partial charge in [-0.2, -0.15) is 0 Å². The second kappa shape index (κ2) is 9.96. The molecule has 0 aliphatic carbocycles. The van der Waals surface area contributed by atoms with E-state index in [4.69, 9.17) is 20.9 Å². The minimum Gasteiger partial charge on any atom is -0.388 e. The number of anilines is 2. The van der Waals surface area contributed by atoms with Gasteiger partial charge in [-0.25, -0.2) is 4.98 Å². The maximum Gasteiger partial charge on any atom is 0.250 e. The van der Waals surface area contributed by atoms with Crippen molar-refractivity contribution in [2.45, 2.75) is 0 Å². The van der Waals surface area contributed by atoms with Gasteiger partial charge in [-0.05, 0) is 36.4 Å². The van der Waals surface area contributed by atoms with Crippen molar-refractivity contribution in [3.05, 3.63) is 53.6 Å². The molecule has 1 aliphatic rings. The highest BCUT2D eigenvalue weighted by atomic mass is 16.5. The molecule has 0 spiro atoms. The van der Waals surface area contributed by atoms with Crippen molar-refractivity contribution in [3.8, 4) is 11.3 Å². The summed E-state index contributed by atoms with van der Waals surface area (Å²) in [5.74, 6) is -0.512. The molecule has 36 heavy (non-hydrogen) atoms. The summed E-state index contributed by atoms with van der Waals surface area (Å²) >= 11 is 0. The summed E-state index contributed by atoms with van der Waals surface area (Å²) in [7, 11) is 3.55. The molecule has 0 atom stereocenters. The standard InChI is InChI=1S/C27H31N7O2/c1-30-22-6-3-17(13-18(22)16-28)23-15-21(27(29)35)26-25(31-23)20-5-4-19(14-24(20)32-26)34-9-7-33(8-10-34)11-12-36-2/h3-6,13-16,28,30,32H,7-12H2,1-2H3,(H2,29,35). The Balaban J connectivity index is 1.53. The first-order valence-corrected chi connectivity index (χ1v) is 12.1. The Morgan fingerprint density at radius 2 is 2.00 bits per heavy atom. The van der Waals surface area contributed by atoms with Crippen LogP contribution in [0.4, 0.5) is 11.4 Å². The van der Waals surface area contributed by atoms with Crippen LogP contribution in [0.2, 0.25) is 0 Å². The molecule has 9 nitrogen and oxygen atoms in total. The molecule has 1 saturated heterocycles. The molecule has 0 radical (unpaired) electrons. The van der Waals surface area contributed by atoms with Gasteiger partial charge < -0.3 is 31.1 Å². The Kier molecular flexibility index (Phi) is 6.58. The third-order valence-corrected chi connectivity index (χ3v) is 6.92. The average Bonchev–Trinajstić information content (AvgIpc) is 3.28. The molecule has 186 valence electrons. The molecule has 0 bridgehead atoms. The van der Waals surface area contributed by atoms with Gasteiger partial charge in [-0.3, -0.25) is 9.69 Å². The number of aromatic amines is 1. The van der Waals surface area contributed by atoms with Crippen molar-refractivity contribution in [1.82, 2.24) is 14.9 Å². The molecule has 1 amide bonds. The summed E-state index contributed by atoms with van der Waals surface area (Å²) in [6.45, 7) is 5.59. The topological polar surface area (TPSA) is 123 Å². The predicted octanol–water partition coefficient (Wildman–Crippen LogP) is 3.29. The number of carbonyl (C=O) groups excluding carboxylic acids is 1. The van der Waals surface area contributed by atoms with Crippen molar-refractivity contribution >= 4 is 45.4 Å². The van der Waals surface area contributed by atoms with Crippen LogP contribution in [0.5, 0.6) is 0 Å². The normalized spacial score (nSPS) is 14.4. The molecule has 4 aromatic rings. The summed E-state index contributed by atoms with van der Waals surface area (Å²) in [4.78, 5) is 25.5. The van der Waals surface area contributed by atoms with E-state index in [1.165, 1.54) is 6.21 Å². The Bertz CT molecular complexity index is 1440. The first-order valence-electron chi connectivity index (χ1n) is 12.1. The number of nitrogens with two attached hydrogens (primary N) is 1. The Labute approximate surface area is 209 Å². The van der Waals surface area contributed by atoms with Crippen LogP contribution in [0.3, 0.4) is 0 Å². The third-order valence-electron chi connectivity index (χ3n) is 6.92. The van der Waals surface area contributed by atoms with Crippen LogP contribution in [0, 0.1) is 5.41 Å². The summed E-state index contributed by atoms with van der Waals surface area (Å²) in [6.07, 6.45) is 1.30. The van der Waals surface area contributed by atoms with Crippen LogP contribution in [0.1, 0.15) is 15.9 Å². The monoisotopic (exact) mass is 485 g/mol. The van der Waals surface area contributed by atoms with Gasteiger partial charge in [0.2, 0.25) is 0 Å². The summed E-state index contributed by atoms with van der Waals surface area (Å²) in [5, 5.41) is 11.8. The Morgan fingerprint density at radius 1 is 1.19 bits per heavy atom. The lowest BCUT2D eigenvalue weighted by molar-refractivity contribution is 0.100. The van der Waals surface area contributed by atoms with E-state index in [0.717, 1.165) is 72.7 Å². The maximum absolute atomic E-state index is 12.4. The van der Waals surface area contributed by atoms with Crippen molar-refractivity contribution in [3.63, 3.8) is 0 Å². The van der Waals surface area contributed by atoms with Crippen molar-refractivity contribution in [2.24, 2.45) is 5.73 Å². The van der Waals surface area contributed by atoms with Crippen LogP contribution in [0.15, 0.2) is 42.5 Å². The zero-order valence-electron chi connectivity index (χ0n) is 20.6. The van der Waals surface area contributed by atoms with Crippen LogP contribution >= 0.6 is 0 Å². The van der Waals surface area contributed by atoms with Gasteiger partial charge in [0.15, 0.2) is 0 Å². The van der Waals surface area contributed by atoms with E-state index >= 15 is 0 Å². The number of benzene rings is 2. The zero-order chi connectivity index (χ0) is 25.2. The number of methoxy groups -OCH3 is 1. The van der Waals surface area contributed by atoms with E-state index in [-0.39, 0.29) is 0 Å². The first-order chi connectivity index (χ1) is 17.5. The first kappa shape index (κ1) is 23.8. The molecule has 2 aromatic heterocycles. The van der Waals surface area contributed by atoms with Crippen LogP contribution in [0.25, 0.3) is 33.2 Å². The van der Waals surface area contributed by atoms with Gasteiger partial charge in [-0.15, -0.1) is 0 Å². The fraction of sp³-hybridized carbons (Fsp3) is 0.296. The average molecular weight is 486 g/mol. The molecule has 0 unspecified atom stereocenters. The van der Waals surface area contributed by atoms with Gasteiger partial charge in [0.05, 0.1) is 34.4 Å². The lowest BCUT2D eigenvalue weighted by Crippen LogP contribution is -2.47. The SMILES string of the molecule is CNc1ccc(-c2cc(C(N)=O)c3[nH]c4cc(N5CCN(CCOC)CC5)ccc4c3n2)cc1C=N. The summed E-state index contributed by atoms with van der Waals surface area (Å²) < 4.78 is 5.21. The number of fused-ring (bicyclic) bond motifs is 3. The third kappa shape index (κ3) is 4.38. The number of H-pyrrole nitrogens is 1. The highest BCUT2D eigenvalue weighted by Gasteiger charge is 2.20. The number of aromatic nitrogens is 2.